The fraction of sp³-hybridized carbons (Fsp3) is 0.733. The molecule has 0 aromatic carbocycles. The van der Waals surface area contributed by atoms with Crippen LogP contribution >= 0.6 is 0 Å². The Labute approximate surface area is 132 Å². The van der Waals surface area contributed by atoms with Crippen LogP contribution in [0.25, 0.3) is 0 Å². The summed E-state index contributed by atoms with van der Waals surface area (Å²) in [5.74, 6) is 2.07. The first-order valence-electron chi connectivity index (χ1n) is 8.06. The van der Waals surface area contributed by atoms with Crippen LogP contribution in [-0.2, 0) is 9.84 Å². The summed E-state index contributed by atoms with van der Waals surface area (Å²) in [6.45, 7) is 2.08. The predicted octanol–water partition coefficient (Wildman–Crippen LogP) is 1.48. The molecule has 0 amide bonds. The highest BCUT2D eigenvalue weighted by molar-refractivity contribution is 7.91. The molecule has 22 heavy (non-hydrogen) atoms. The van der Waals surface area contributed by atoms with E-state index in [1.165, 1.54) is 25.7 Å². The van der Waals surface area contributed by atoms with Crippen LogP contribution in [0.4, 0.5) is 11.8 Å². The van der Waals surface area contributed by atoms with Crippen molar-refractivity contribution in [3.05, 3.63) is 12.3 Å². The van der Waals surface area contributed by atoms with E-state index in [9.17, 15) is 8.42 Å². The van der Waals surface area contributed by atoms with Gasteiger partial charge in [-0.05, 0) is 25.3 Å². The van der Waals surface area contributed by atoms with Crippen LogP contribution in [0.15, 0.2) is 12.3 Å². The van der Waals surface area contributed by atoms with Gasteiger partial charge in [0, 0.05) is 32.4 Å². The molecule has 1 atom stereocenters. The van der Waals surface area contributed by atoms with Gasteiger partial charge in [0.25, 0.3) is 0 Å². The van der Waals surface area contributed by atoms with Crippen molar-refractivity contribution in [1.82, 2.24) is 9.97 Å². The van der Waals surface area contributed by atoms with Gasteiger partial charge in [-0.25, -0.2) is 13.4 Å². The van der Waals surface area contributed by atoms with E-state index in [1.54, 1.807) is 6.20 Å². The second-order valence-corrected chi connectivity index (χ2v) is 8.51. The highest BCUT2D eigenvalue weighted by Crippen LogP contribution is 2.23. The minimum atomic E-state index is -2.89. The Morgan fingerprint density at radius 1 is 1.23 bits per heavy atom. The molecule has 1 aromatic heterocycles. The smallest absolute Gasteiger partial charge is 0.227 e. The second-order valence-electron chi connectivity index (χ2n) is 6.28. The van der Waals surface area contributed by atoms with E-state index in [2.05, 4.69) is 14.9 Å². The summed E-state index contributed by atoms with van der Waals surface area (Å²) < 4.78 is 23.3. The average Bonchev–Trinajstić information content (AvgIpc) is 2.73. The Kier molecular flexibility index (Phi) is 4.52. The van der Waals surface area contributed by atoms with Crippen LogP contribution in [0.5, 0.6) is 0 Å². The van der Waals surface area contributed by atoms with Gasteiger partial charge in [-0.15, -0.1) is 0 Å². The first kappa shape index (κ1) is 15.5. The Balaban J connectivity index is 1.75. The molecule has 0 saturated carbocycles. The Morgan fingerprint density at radius 2 is 1.95 bits per heavy atom. The first-order chi connectivity index (χ1) is 10.6. The summed E-state index contributed by atoms with van der Waals surface area (Å²) in [7, 11) is -0.996. The SMILES string of the molecule is CN(c1nccc(N2CCCCCC2)n1)C1CCS(=O)(=O)C1. The second kappa shape index (κ2) is 6.40. The predicted molar refractivity (Wildman–Crippen MR) is 88.2 cm³/mol. The maximum absolute atomic E-state index is 11.7. The van der Waals surface area contributed by atoms with Crippen molar-refractivity contribution in [3.63, 3.8) is 0 Å². The zero-order valence-corrected chi connectivity index (χ0v) is 13.9. The molecule has 122 valence electrons. The van der Waals surface area contributed by atoms with Gasteiger partial charge in [-0.1, -0.05) is 12.8 Å². The van der Waals surface area contributed by atoms with E-state index in [-0.39, 0.29) is 17.5 Å². The Bertz CT molecular complexity index is 612. The van der Waals surface area contributed by atoms with Gasteiger partial charge in [0.2, 0.25) is 5.95 Å². The van der Waals surface area contributed by atoms with Gasteiger partial charge in [-0.2, -0.15) is 4.98 Å². The number of hydrogen-bond acceptors (Lipinski definition) is 6. The fourth-order valence-corrected chi connectivity index (χ4v) is 5.00. The van der Waals surface area contributed by atoms with E-state index < -0.39 is 9.84 Å². The van der Waals surface area contributed by atoms with Crippen LogP contribution in [0.3, 0.4) is 0 Å². The first-order valence-corrected chi connectivity index (χ1v) is 9.88. The van der Waals surface area contributed by atoms with Crippen molar-refractivity contribution in [3.8, 4) is 0 Å². The van der Waals surface area contributed by atoms with Crippen LogP contribution in [0.2, 0.25) is 0 Å². The van der Waals surface area contributed by atoms with E-state index in [0.717, 1.165) is 18.9 Å². The summed E-state index contributed by atoms with van der Waals surface area (Å²) in [6, 6.07) is 1.94. The summed E-state index contributed by atoms with van der Waals surface area (Å²) >= 11 is 0. The number of aromatic nitrogens is 2. The maximum atomic E-state index is 11.7. The van der Waals surface area contributed by atoms with Crippen molar-refractivity contribution in [1.29, 1.82) is 0 Å². The van der Waals surface area contributed by atoms with Crippen LogP contribution in [-0.4, -0.2) is 56.1 Å². The van der Waals surface area contributed by atoms with Crippen LogP contribution in [0.1, 0.15) is 32.1 Å². The molecular weight excluding hydrogens is 300 g/mol. The highest BCUT2D eigenvalue weighted by Gasteiger charge is 2.31. The molecule has 0 spiro atoms. The maximum Gasteiger partial charge on any atom is 0.227 e. The lowest BCUT2D eigenvalue weighted by Gasteiger charge is -2.26. The van der Waals surface area contributed by atoms with Crippen LogP contribution in [0, 0.1) is 0 Å². The molecule has 6 nitrogen and oxygen atoms in total. The van der Waals surface area contributed by atoms with E-state index in [0.29, 0.717) is 12.4 Å². The molecule has 3 rings (SSSR count). The van der Waals surface area contributed by atoms with Gasteiger partial charge in [0.1, 0.15) is 5.82 Å². The highest BCUT2D eigenvalue weighted by atomic mass is 32.2. The number of sulfone groups is 1. The van der Waals surface area contributed by atoms with Crippen molar-refractivity contribution in [2.45, 2.75) is 38.1 Å². The molecular formula is C15H24N4O2S. The zero-order valence-electron chi connectivity index (χ0n) is 13.1. The normalized spacial score (nSPS) is 25.0. The minimum Gasteiger partial charge on any atom is -0.356 e. The lowest BCUT2D eigenvalue weighted by Crippen LogP contribution is -2.34. The van der Waals surface area contributed by atoms with Gasteiger partial charge in [-0.3, -0.25) is 0 Å². The molecule has 0 N–H and O–H groups in total. The number of hydrogen-bond donors (Lipinski definition) is 0. The molecule has 3 heterocycles. The topological polar surface area (TPSA) is 66.4 Å². The molecule has 2 fully saturated rings. The summed E-state index contributed by atoms with van der Waals surface area (Å²) in [5, 5.41) is 0. The van der Waals surface area contributed by atoms with E-state index in [4.69, 9.17) is 0 Å². The monoisotopic (exact) mass is 324 g/mol. The fourth-order valence-electron chi connectivity index (χ4n) is 3.23. The number of anilines is 2. The van der Waals surface area contributed by atoms with E-state index in [1.807, 2.05) is 18.0 Å². The quantitative estimate of drug-likeness (QED) is 0.839. The standard InChI is InChI=1S/C15H24N4O2S/c1-18(13-7-11-22(20,21)12-13)15-16-8-6-14(17-15)19-9-4-2-3-5-10-19/h6,8,13H,2-5,7,9-12H2,1H3. The van der Waals surface area contributed by atoms with Crippen molar-refractivity contribution in [2.75, 3.05) is 41.4 Å². The lowest BCUT2D eigenvalue weighted by molar-refractivity contribution is 0.600. The third-order valence-corrected chi connectivity index (χ3v) is 6.38. The summed E-state index contributed by atoms with van der Waals surface area (Å²) in [6.07, 6.45) is 7.42. The van der Waals surface area contributed by atoms with Crippen LogP contribution < -0.4 is 9.80 Å². The third-order valence-electron chi connectivity index (χ3n) is 4.63. The molecule has 2 saturated heterocycles. The van der Waals surface area contributed by atoms with Gasteiger partial charge in [0.05, 0.1) is 11.5 Å². The van der Waals surface area contributed by atoms with Gasteiger partial charge >= 0.3 is 0 Å². The molecule has 2 aliphatic rings. The lowest BCUT2D eigenvalue weighted by atomic mass is 10.2. The van der Waals surface area contributed by atoms with E-state index >= 15 is 0 Å². The van der Waals surface area contributed by atoms with Crippen molar-refractivity contribution < 1.29 is 8.42 Å². The molecule has 1 aromatic rings. The van der Waals surface area contributed by atoms with Crippen molar-refractivity contribution >= 4 is 21.6 Å². The number of rotatable bonds is 3. The molecule has 0 bridgehead atoms. The summed E-state index contributed by atoms with van der Waals surface area (Å²) in [4.78, 5) is 13.3. The summed E-state index contributed by atoms with van der Waals surface area (Å²) in [5.41, 5.74) is 0. The minimum absolute atomic E-state index is 0.00983. The molecule has 7 heteroatoms. The Hall–Kier alpha value is -1.37. The zero-order chi connectivity index (χ0) is 15.6. The molecule has 0 aliphatic carbocycles. The average molecular weight is 324 g/mol. The van der Waals surface area contributed by atoms with Crippen molar-refractivity contribution in [2.24, 2.45) is 0 Å². The molecule has 0 radical (unpaired) electrons. The van der Waals surface area contributed by atoms with Gasteiger partial charge in [0.15, 0.2) is 9.84 Å². The third kappa shape index (κ3) is 3.51. The molecule has 1 unspecified atom stereocenters. The number of nitrogens with zero attached hydrogens (tertiary/aromatic N) is 4. The Morgan fingerprint density at radius 3 is 2.59 bits per heavy atom. The van der Waals surface area contributed by atoms with Gasteiger partial charge < -0.3 is 9.80 Å². The largest absolute Gasteiger partial charge is 0.356 e. The molecule has 2 aliphatic heterocycles.